The lowest BCUT2D eigenvalue weighted by Crippen LogP contribution is -2.44. The molecular formula is C12H24N2O. The van der Waals surface area contributed by atoms with E-state index in [0.29, 0.717) is 5.92 Å². The van der Waals surface area contributed by atoms with Crippen molar-refractivity contribution in [2.45, 2.75) is 45.6 Å². The first-order chi connectivity index (χ1) is 7.00. The molecule has 1 amide bonds. The van der Waals surface area contributed by atoms with Gasteiger partial charge in [-0.15, -0.1) is 0 Å². The fourth-order valence-corrected chi connectivity index (χ4v) is 2.04. The molecule has 1 fully saturated rings. The van der Waals surface area contributed by atoms with Gasteiger partial charge in [0.2, 0.25) is 5.91 Å². The molecule has 1 aliphatic rings. The van der Waals surface area contributed by atoms with E-state index in [4.69, 9.17) is 5.73 Å². The molecule has 2 N–H and O–H groups in total. The highest BCUT2D eigenvalue weighted by Gasteiger charge is 2.24. The molecule has 1 unspecified atom stereocenters. The predicted molar refractivity (Wildman–Crippen MR) is 62.4 cm³/mol. The Hall–Kier alpha value is -0.570. The zero-order valence-electron chi connectivity index (χ0n) is 10.2. The normalized spacial score (nSPS) is 18.7. The number of nitrogens with zero attached hydrogens (tertiary/aromatic N) is 1. The molecule has 0 saturated heterocycles. The number of hydrogen-bond donors (Lipinski definition) is 1. The summed E-state index contributed by atoms with van der Waals surface area (Å²) in [7, 11) is 1.88. The zero-order chi connectivity index (χ0) is 11.4. The zero-order valence-corrected chi connectivity index (χ0v) is 10.2. The Morgan fingerprint density at radius 2 is 2.07 bits per heavy atom. The number of rotatable bonds is 5. The van der Waals surface area contributed by atoms with Gasteiger partial charge in [-0.2, -0.15) is 0 Å². The molecule has 1 saturated carbocycles. The fourth-order valence-electron chi connectivity index (χ4n) is 2.04. The van der Waals surface area contributed by atoms with Gasteiger partial charge >= 0.3 is 0 Å². The molecule has 1 atom stereocenters. The van der Waals surface area contributed by atoms with E-state index in [2.05, 4.69) is 13.8 Å². The van der Waals surface area contributed by atoms with Crippen molar-refractivity contribution in [3.8, 4) is 0 Å². The van der Waals surface area contributed by atoms with E-state index >= 15 is 0 Å². The number of carbonyl (C=O) groups excluding carboxylic acids is 1. The van der Waals surface area contributed by atoms with Crippen molar-refractivity contribution < 1.29 is 4.79 Å². The average Bonchev–Trinajstić information content (AvgIpc) is 2.08. The van der Waals surface area contributed by atoms with Crippen molar-refractivity contribution in [1.29, 1.82) is 0 Å². The lowest BCUT2D eigenvalue weighted by Gasteiger charge is -2.31. The minimum atomic E-state index is -0.310. The van der Waals surface area contributed by atoms with Crippen molar-refractivity contribution in [2.24, 2.45) is 17.6 Å². The third-order valence-electron chi connectivity index (χ3n) is 3.18. The molecule has 0 bridgehead atoms. The van der Waals surface area contributed by atoms with Gasteiger partial charge in [-0.25, -0.2) is 0 Å². The van der Waals surface area contributed by atoms with Gasteiger partial charge in [0.1, 0.15) is 0 Å². The van der Waals surface area contributed by atoms with Crippen LogP contribution in [-0.2, 0) is 4.79 Å². The highest BCUT2D eigenvalue weighted by Crippen LogP contribution is 2.26. The number of nitrogens with two attached hydrogens (primary N) is 1. The van der Waals surface area contributed by atoms with Crippen molar-refractivity contribution in [3.63, 3.8) is 0 Å². The smallest absolute Gasteiger partial charge is 0.239 e. The van der Waals surface area contributed by atoms with E-state index in [9.17, 15) is 4.79 Å². The summed E-state index contributed by atoms with van der Waals surface area (Å²) < 4.78 is 0. The SMILES string of the molecule is CC(C)CC(N)C(=O)N(C)CC1CCC1. The first-order valence-corrected chi connectivity index (χ1v) is 6.01. The fraction of sp³-hybridized carbons (Fsp3) is 0.917. The second-order valence-corrected chi connectivity index (χ2v) is 5.25. The van der Waals surface area contributed by atoms with Gasteiger partial charge in [0, 0.05) is 13.6 Å². The van der Waals surface area contributed by atoms with Gasteiger partial charge in [0.05, 0.1) is 6.04 Å². The number of carbonyl (C=O) groups is 1. The van der Waals surface area contributed by atoms with Crippen molar-refractivity contribution in [3.05, 3.63) is 0 Å². The average molecular weight is 212 g/mol. The first kappa shape index (κ1) is 12.5. The topological polar surface area (TPSA) is 46.3 Å². The summed E-state index contributed by atoms with van der Waals surface area (Å²) in [6.45, 7) is 5.09. The second kappa shape index (κ2) is 5.50. The van der Waals surface area contributed by atoms with E-state index in [1.165, 1.54) is 19.3 Å². The maximum atomic E-state index is 11.9. The third-order valence-corrected chi connectivity index (χ3v) is 3.18. The lowest BCUT2D eigenvalue weighted by molar-refractivity contribution is -0.132. The van der Waals surface area contributed by atoms with Crippen LogP contribution in [0, 0.1) is 11.8 Å². The van der Waals surface area contributed by atoms with Crippen molar-refractivity contribution >= 4 is 5.91 Å². The Kier molecular flexibility index (Phi) is 4.58. The molecular weight excluding hydrogens is 188 g/mol. The minimum absolute atomic E-state index is 0.107. The van der Waals surface area contributed by atoms with Crippen LogP contribution in [0.4, 0.5) is 0 Å². The van der Waals surface area contributed by atoms with E-state index in [1.807, 2.05) is 11.9 Å². The van der Waals surface area contributed by atoms with E-state index in [1.54, 1.807) is 0 Å². The molecule has 0 aromatic carbocycles. The maximum Gasteiger partial charge on any atom is 0.239 e. The van der Waals surface area contributed by atoms with Crippen LogP contribution in [0.25, 0.3) is 0 Å². The largest absolute Gasteiger partial charge is 0.344 e. The molecule has 0 aromatic rings. The van der Waals surface area contributed by atoms with Crippen molar-refractivity contribution in [2.75, 3.05) is 13.6 Å². The van der Waals surface area contributed by atoms with E-state index in [0.717, 1.165) is 18.9 Å². The molecule has 15 heavy (non-hydrogen) atoms. The van der Waals surface area contributed by atoms with Crippen LogP contribution in [0.3, 0.4) is 0 Å². The first-order valence-electron chi connectivity index (χ1n) is 6.01. The molecule has 0 spiro atoms. The molecule has 0 aromatic heterocycles. The monoisotopic (exact) mass is 212 g/mol. The van der Waals surface area contributed by atoms with Crippen LogP contribution in [0.15, 0.2) is 0 Å². The van der Waals surface area contributed by atoms with Gasteiger partial charge in [-0.3, -0.25) is 4.79 Å². The summed E-state index contributed by atoms with van der Waals surface area (Å²) in [5.74, 6) is 1.32. The number of hydrogen-bond acceptors (Lipinski definition) is 2. The van der Waals surface area contributed by atoms with Crippen LogP contribution in [0.1, 0.15) is 39.5 Å². The standard InChI is InChI=1S/C12H24N2O/c1-9(2)7-11(13)12(15)14(3)8-10-5-4-6-10/h9-11H,4-8,13H2,1-3H3. The summed E-state index contributed by atoms with van der Waals surface area (Å²) >= 11 is 0. The summed E-state index contributed by atoms with van der Waals surface area (Å²) in [4.78, 5) is 13.7. The summed E-state index contributed by atoms with van der Waals surface area (Å²) in [5, 5.41) is 0. The van der Waals surface area contributed by atoms with Gasteiger partial charge in [0.25, 0.3) is 0 Å². The Morgan fingerprint density at radius 3 is 2.47 bits per heavy atom. The second-order valence-electron chi connectivity index (χ2n) is 5.25. The molecule has 1 rings (SSSR count). The van der Waals surface area contributed by atoms with Gasteiger partial charge < -0.3 is 10.6 Å². The highest BCUT2D eigenvalue weighted by molar-refractivity contribution is 5.81. The molecule has 0 heterocycles. The van der Waals surface area contributed by atoms with Gasteiger partial charge in [0.15, 0.2) is 0 Å². The number of amides is 1. The maximum absolute atomic E-state index is 11.9. The summed E-state index contributed by atoms with van der Waals surface area (Å²) in [6, 6.07) is -0.310. The van der Waals surface area contributed by atoms with Gasteiger partial charge in [-0.1, -0.05) is 20.3 Å². The molecule has 0 radical (unpaired) electrons. The van der Waals surface area contributed by atoms with Crippen molar-refractivity contribution in [1.82, 2.24) is 4.90 Å². The Labute approximate surface area is 93.0 Å². The highest BCUT2D eigenvalue weighted by atomic mass is 16.2. The Morgan fingerprint density at radius 1 is 1.47 bits per heavy atom. The van der Waals surface area contributed by atoms with Crippen LogP contribution in [0.5, 0.6) is 0 Å². The van der Waals surface area contributed by atoms with E-state index < -0.39 is 0 Å². The summed E-state index contributed by atoms with van der Waals surface area (Å²) in [5.41, 5.74) is 5.86. The lowest BCUT2D eigenvalue weighted by atomic mass is 9.85. The molecule has 3 nitrogen and oxygen atoms in total. The quantitative estimate of drug-likeness (QED) is 0.752. The molecule has 3 heteroatoms. The molecule has 88 valence electrons. The van der Waals surface area contributed by atoms with Crippen LogP contribution in [-0.4, -0.2) is 30.4 Å². The van der Waals surface area contributed by atoms with E-state index in [-0.39, 0.29) is 11.9 Å². The summed E-state index contributed by atoms with van der Waals surface area (Å²) in [6.07, 6.45) is 4.66. The van der Waals surface area contributed by atoms with Crippen LogP contribution in [0.2, 0.25) is 0 Å². The Bertz CT molecular complexity index is 212. The molecule has 0 aliphatic heterocycles. The van der Waals surface area contributed by atoms with Crippen LogP contribution >= 0.6 is 0 Å². The number of likely N-dealkylation sites (N-methyl/N-ethyl adjacent to an activating group) is 1. The third kappa shape index (κ3) is 3.82. The van der Waals surface area contributed by atoms with Gasteiger partial charge in [-0.05, 0) is 31.1 Å². The predicted octanol–water partition coefficient (Wildman–Crippen LogP) is 1.62. The van der Waals surface area contributed by atoms with Crippen LogP contribution < -0.4 is 5.73 Å². The molecule has 1 aliphatic carbocycles. The Balaban J connectivity index is 2.30. The minimum Gasteiger partial charge on any atom is -0.344 e.